The van der Waals surface area contributed by atoms with Crippen molar-refractivity contribution in [1.29, 1.82) is 0 Å². The third kappa shape index (κ3) is 4.84. The van der Waals surface area contributed by atoms with Crippen LogP contribution in [0.1, 0.15) is 50.2 Å². The van der Waals surface area contributed by atoms with Gasteiger partial charge in [-0.1, -0.05) is 50.2 Å². The number of likely N-dealkylation sites (N-methyl/N-ethyl adjacent to an activating group) is 1. The zero-order valence-corrected chi connectivity index (χ0v) is 20.3. The van der Waals surface area contributed by atoms with Crippen LogP contribution < -0.4 is 9.64 Å². The van der Waals surface area contributed by atoms with Gasteiger partial charge in [-0.3, -0.25) is 4.98 Å². The van der Waals surface area contributed by atoms with E-state index in [9.17, 15) is 0 Å². The standard InChI is InChI=1S/C28H36N4O/c1-20(2)13-14-25-28(33-19-22-10-7-16-31(22)3)30-26-18-32(17-15-24(26)29-25)27-12-6-9-21-8-4-5-11-23(21)27/h4-6,8-9,11-12,20,22H,7,10,13-19H2,1-3H3/t22-/m1/s1. The molecule has 1 aromatic heterocycles. The van der Waals surface area contributed by atoms with E-state index < -0.39 is 0 Å². The molecule has 0 N–H and O–H groups in total. The molecule has 0 aliphatic carbocycles. The lowest BCUT2D eigenvalue weighted by Crippen LogP contribution is -2.33. The number of fused-ring (bicyclic) bond motifs is 2. The summed E-state index contributed by atoms with van der Waals surface area (Å²) >= 11 is 0. The molecule has 0 saturated carbocycles. The first-order valence-electron chi connectivity index (χ1n) is 12.5. The van der Waals surface area contributed by atoms with E-state index >= 15 is 0 Å². The molecule has 5 heteroatoms. The highest BCUT2D eigenvalue weighted by atomic mass is 16.5. The number of anilines is 1. The Kier molecular flexibility index (Phi) is 6.50. The normalized spacial score (nSPS) is 18.8. The van der Waals surface area contributed by atoms with E-state index in [1.807, 2.05) is 0 Å². The minimum atomic E-state index is 0.480. The molecule has 2 aliphatic rings. The summed E-state index contributed by atoms with van der Waals surface area (Å²) in [4.78, 5) is 15.1. The van der Waals surface area contributed by atoms with E-state index in [-0.39, 0.29) is 0 Å². The maximum atomic E-state index is 6.37. The lowest BCUT2D eigenvalue weighted by molar-refractivity contribution is 0.190. The van der Waals surface area contributed by atoms with E-state index in [2.05, 4.69) is 73.2 Å². The first-order chi connectivity index (χ1) is 16.1. The Labute approximate surface area is 197 Å². The van der Waals surface area contributed by atoms with E-state index in [0.717, 1.165) is 61.9 Å². The van der Waals surface area contributed by atoms with Gasteiger partial charge in [0, 0.05) is 30.1 Å². The number of aryl methyl sites for hydroxylation is 1. The van der Waals surface area contributed by atoms with Crippen molar-refractivity contribution < 1.29 is 4.74 Å². The highest BCUT2D eigenvalue weighted by Crippen LogP contribution is 2.31. The van der Waals surface area contributed by atoms with Gasteiger partial charge in [0.1, 0.15) is 12.3 Å². The first-order valence-corrected chi connectivity index (χ1v) is 12.5. The summed E-state index contributed by atoms with van der Waals surface area (Å²) < 4.78 is 6.37. The summed E-state index contributed by atoms with van der Waals surface area (Å²) in [6, 6.07) is 15.7. The van der Waals surface area contributed by atoms with Gasteiger partial charge in [0.05, 0.1) is 17.9 Å². The predicted molar refractivity (Wildman–Crippen MR) is 135 cm³/mol. The van der Waals surface area contributed by atoms with E-state index in [1.165, 1.54) is 29.3 Å². The number of likely N-dealkylation sites (tertiary alicyclic amines) is 1. The van der Waals surface area contributed by atoms with Gasteiger partial charge in [0.15, 0.2) is 0 Å². The van der Waals surface area contributed by atoms with Crippen molar-refractivity contribution in [2.75, 3.05) is 31.6 Å². The summed E-state index contributed by atoms with van der Waals surface area (Å²) in [6.45, 7) is 8.13. The Morgan fingerprint density at radius 3 is 2.70 bits per heavy atom. The van der Waals surface area contributed by atoms with Crippen LogP contribution >= 0.6 is 0 Å². The molecule has 3 heterocycles. The van der Waals surface area contributed by atoms with E-state index in [1.54, 1.807) is 0 Å². The number of benzene rings is 2. The molecule has 3 aromatic rings. The molecular formula is C28H36N4O. The Bertz CT molecular complexity index is 1110. The van der Waals surface area contributed by atoms with Crippen LogP contribution in [0.15, 0.2) is 42.5 Å². The Hall–Kier alpha value is -2.66. The zero-order chi connectivity index (χ0) is 22.8. The summed E-state index contributed by atoms with van der Waals surface area (Å²) in [5.74, 6) is 1.40. The zero-order valence-electron chi connectivity index (χ0n) is 20.3. The van der Waals surface area contributed by atoms with Crippen LogP contribution in [0, 0.1) is 5.92 Å². The Morgan fingerprint density at radius 1 is 1.03 bits per heavy atom. The average Bonchev–Trinajstić information content (AvgIpc) is 3.25. The second-order valence-corrected chi connectivity index (χ2v) is 10.1. The number of aromatic nitrogens is 2. The molecule has 2 aliphatic heterocycles. The summed E-state index contributed by atoms with van der Waals surface area (Å²) in [5, 5.41) is 2.58. The molecule has 0 bridgehead atoms. The summed E-state index contributed by atoms with van der Waals surface area (Å²) in [5.41, 5.74) is 4.54. The van der Waals surface area contributed by atoms with Crippen LogP contribution in [0.4, 0.5) is 5.69 Å². The molecule has 0 radical (unpaired) electrons. The van der Waals surface area contributed by atoms with Gasteiger partial charge >= 0.3 is 0 Å². The fourth-order valence-corrected chi connectivity index (χ4v) is 5.11. The van der Waals surface area contributed by atoms with Crippen molar-refractivity contribution in [2.24, 2.45) is 5.92 Å². The second kappa shape index (κ2) is 9.68. The number of ether oxygens (including phenoxy) is 1. The van der Waals surface area contributed by atoms with E-state index in [0.29, 0.717) is 18.6 Å². The molecule has 2 aromatic carbocycles. The average molecular weight is 445 g/mol. The quantitative estimate of drug-likeness (QED) is 0.498. The third-order valence-corrected chi connectivity index (χ3v) is 7.20. The van der Waals surface area contributed by atoms with Crippen LogP contribution in [0.3, 0.4) is 0 Å². The molecule has 1 saturated heterocycles. The number of rotatable bonds is 7. The van der Waals surface area contributed by atoms with Crippen molar-refractivity contribution in [1.82, 2.24) is 14.9 Å². The van der Waals surface area contributed by atoms with Crippen LogP contribution in [0.5, 0.6) is 5.88 Å². The lowest BCUT2D eigenvalue weighted by atomic mass is 10.0. The van der Waals surface area contributed by atoms with Crippen LogP contribution in [0.25, 0.3) is 10.8 Å². The van der Waals surface area contributed by atoms with Crippen LogP contribution in [-0.4, -0.2) is 47.7 Å². The van der Waals surface area contributed by atoms with Crippen molar-refractivity contribution in [3.05, 3.63) is 59.5 Å². The SMILES string of the molecule is CC(C)CCc1nc2c(nc1OC[C@H]1CCCN1C)CN(c1cccc3ccccc13)CC2. The predicted octanol–water partition coefficient (Wildman–Crippen LogP) is 5.25. The topological polar surface area (TPSA) is 41.5 Å². The molecule has 0 amide bonds. The number of hydrogen-bond donors (Lipinski definition) is 0. The molecule has 0 unspecified atom stereocenters. The molecule has 0 spiro atoms. The minimum absolute atomic E-state index is 0.480. The van der Waals surface area contributed by atoms with E-state index in [4.69, 9.17) is 14.7 Å². The number of hydrogen-bond acceptors (Lipinski definition) is 5. The Morgan fingerprint density at radius 2 is 1.88 bits per heavy atom. The van der Waals surface area contributed by atoms with Gasteiger partial charge in [-0.05, 0) is 56.6 Å². The maximum absolute atomic E-state index is 6.37. The molecule has 5 rings (SSSR count). The summed E-state index contributed by atoms with van der Waals surface area (Å²) in [7, 11) is 2.20. The van der Waals surface area contributed by atoms with Crippen molar-refractivity contribution in [3.8, 4) is 5.88 Å². The molecular weight excluding hydrogens is 408 g/mol. The van der Waals surface area contributed by atoms with Crippen molar-refractivity contribution in [2.45, 2.75) is 58.5 Å². The fourth-order valence-electron chi connectivity index (χ4n) is 5.11. The van der Waals surface area contributed by atoms with Crippen molar-refractivity contribution in [3.63, 3.8) is 0 Å². The smallest absolute Gasteiger partial charge is 0.236 e. The van der Waals surface area contributed by atoms with Crippen molar-refractivity contribution >= 4 is 16.5 Å². The monoisotopic (exact) mass is 444 g/mol. The highest BCUT2D eigenvalue weighted by Gasteiger charge is 2.25. The molecule has 33 heavy (non-hydrogen) atoms. The number of nitrogens with zero attached hydrogens (tertiary/aromatic N) is 4. The maximum Gasteiger partial charge on any atom is 0.236 e. The first kappa shape index (κ1) is 22.1. The molecule has 174 valence electrons. The summed E-state index contributed by atoms with van der Waals surface area (Å²) in [6.07, 6.45) is 5.41. The highest BCUT2D eigenvalue weighted by molar-refractivity contribution is 5.94. The lowest BCUT2D eigenvalue weighted by Gasteiger charge is -2.31. The largest absolute Gasteiger partial charge is 0.475 e. The second-order valence-electron chi connectivity index (χ2n) is 10.1. The van der Waals surface area contributed by atoms with Gasteiger partial charge in [-0.25, -0.2) is 4.98 Å². The van der Waals surface area contributed by atoms with Crippen LogP contribution in [-0.2, 0) is 19.4 Å². The molecule has 5 nitrogen and oxygen atoms in total. The van der Waals surface area contributed by atoms with Crippen LogP contribution in [0.2, 0.25) is 0 Å². The molecule has 1 fully saturated rings. The fraction of sp³-hybridized carbons (Fsp3) is 0.500. The van der Waals surface area contributed by atoms with Gasteiger partial charge < -0.3 is 14.5 Å². The van der Waals surface area contributed by atoms with Gasteiger partial charge in [0.25, 0.3) is 0 Å². The third-order valence-electron chi connectivity index (χ3n) is 7.20. The molecule has 1 atom stereocenters. The van der Waals surface area contributed by atoms with Gasteiger partial charge in [0.2, 0.25) is 5.88 Å². The van der Waals surface area contributed by atoms with Gasteiger partial charge in [-0.15, -0.1) is 0 Å². The Balaban J connectivity index is 1.41. The van der Waals surface area contributed by atoms with Gasteiger partial charge in [-0.2, -0.15) is 0 Å². The minimum Gasteiger partial charge on any atom is -0.475 e.